The van der Waals surface area contributed by atoms with Gasteiger partial charge in [0.25, 0.3) is 5.91 Å². The van der Waals surface area contributed by atoms with Gasteiger partial charge in [-0.25, -0.2) is 13.2 Å². The summed E-state index contributed by atoms with van der Waals surface area (Å²) in [5.74, 6) is -1.95. The number of amides is 5. The van der Waals surface area contributed by atoms with E-state index in [2.05, 4.69) is 35.1 Å². The quantitative estimate of drug-likeness (QED) is 0.171. The molecule has 0 aromatic heterocycles. The van der Waals surface area contributed by atoms with E-state index in [1.165, 1.54) is 0 Å². The molecule has 2 unspecified atom stereocenters. The Morgan fingerprint density at radius 1 is 0.833 bits per heavy atom. The number of rotatable bonds is 15. The van der Waals surface area contributed by atoms with Crippen molar-refractivity contribution in [3.05, 3.63) is 0 Å². The molecule has 12 nitrogen and oxygen atoms in total. The number of carbonyl (C=O) groups excluding carboxylic acids is 5. The van der Waals surface area contributed by atoms with E-state index in [1.54, 1.807) is 18.7 Å². The first kappa shape index (κ1) is 40.9. The van der Waals surface area contributed by atoms with Crippen molar-refractivity contribution in [2.75, 3.05) is 12.3 Å². The van der Waals surface area contributed by atoms with Gasteiger partial charge < -0.3 is 26.2 Å². The summed E-state index contributed by atoms with van der Waals surface area (Å²) < 4.78 is 26.5. The lowest BCUT2D eigenvalue weighted by atomic mass is 9.70. The highest BCUT2D eigenvalue weighted by atomic mass is 32.2. The highest BCUT2D eigenvalue weighted by molar-refractivity contribution is 7.92. The Bertz CT molecular complexity index is 1570. The number of nitrogens with zero attached hydrogens (tertiary/aromatic N) is 1. The lowest BCUT2D eigenvalue weighted by Gasteiger charge is -2.44. The molecule has 5 aliphatic carbocycles. The Morgan fingerprint density at radius 2 is 1.44 bits per heavy atom. The van der Waals surface area contributed by atoms with Crippen LogP contribution in [0.2, 0.25) is 0 Å². The summed E-state index contributed by atoms with van der Waals surface area (Å²) in [7, 11) is -3.57. The van der Waals surface area contributed by atoms with Crippen LogP contribution in [0.4, 0.5) is 4.79 Å². The van der Waals surface area contributed by atoms with E-state index in [0.717, 1.165) is 83.5 Å². The number of fused-ring (bicyclic) bond motifs is 1. The third-order valence-electron chi connectivity index (χ3n) is 14.9. The van der Waals surface area contributed by atoms with Crippen LogP contribution in [0.3, 0.4) is 0 Å². The van der Waals surface area contributed by atoms with Gasteiger partial charge >= 0.3 is 6.03 Å². The van der Waals surface area contributed by atoms with Crippen LogP contribution in [0.1, 0.15) is 151 Å². The number of urea groups is 1. The first-order valence-corrected chi connectivity index (χ1v) is 22.7. The molecule has 1 aliphatic heterocycles. The molecule has 5 saturated carbocycles. The minimum atomic E-state index is -3.57. The number of Topliss-reactive ketones (excluding diaryl/α,β-unsaturated/α-hetero) is 1. The monoisotopic (exact) mass is 773 g/mol. The maximum absolute atomic E-state index is 15.0. The number of likely N-dealkylation sites (tertiary alicyclic amines) is 1. The Labute approximate surface area is 323 Å². The van der Waals surface area contributed by atoms with Crippen LogP contribution in [0.25, 0.3) is 0 Å². The second kappa shape index (κ2) is 15.3. The second-order valence-electron chi connectivity index (χ2n) is 19.6. The van der Waals surface area contributed by atoms with Gasteiger partial charge in [-0.3, -0.25) is 19.2 Å². The van der Waals surface area contributed by atoms with Crippen molar-refractivity contribution in [1.82, 2.24) is 26.2 Å². The highest BCUT2D eigenvalue weighted by Gasteiger charge is 2.70. The van der Waals surface area contributed by atoms with Crippen LogP contribution in [-0.4, -0.2) is 89.6 Å². The number of carbonyl (C=O) groups is 5. The summed E-state index contributed by atoms with van der Waals surface area (Å²) in [6.45, 7) is 12.0. The van der Waals surface area contributed by atoms with Crippen molar-refractivity contribution < 1.29 is 32.4 Å². The SMILES string of the molecule is CCC(C)(C)S(=O)(=O)CC1(NC(=O)N[C@H](C(=O)N2C[C@H]3C([C@H]2C(=O)NC(CC2CCC2)C(=O)C(=O)NC2CC2)C3(C)C)C2(C)CCCCC2)CCCCC1. The van der Waals surface area contributed by atoms with Crippen molar-refractivity contribution in [3.63, 3.8) is 0 Å². The third-order valence-corrected chi connectivity index (χ3v) is 17.8. The predicted molar refractivity (Wildman–Crippen MR) is 207 cm³/mol. The smallest absolute Gasteiger partial charge is 0.315 e. The molecular formula is C41H67N5O7S. The number of piperidine rings is 1. The summed E-state index contributed by atoms with van der Waals surface area (Å²) >= 11 is 0. The van der Waals surface area contributed by atoms with Crippen LogP contribution >= 0.6 is 0 Å². The lowest BCUT2D eigenvalue weighted by molar-refractivity contribution is -0.146. The Balaban J connectivity index is 1.24. The van der Waals surface area contributed by atoms with E-state index in [-0.39, 0.29) is 40.9 Å². The summed E-state index contributed by atoms with van der Waals surface area (Å²) in [5, 5.41) is 12.0. The first-order chi connectivity index (χ1) is 25.3. The minimum absolute atomic E-state index is 0.0147. The summed E-state index contributed by atoms with van der Waals surface area (Å²) in [6, 6.07) is -3.28. The van der Waals surface area contributed by atoms with Crippen LogP contribution in [0.15, 0.2) is 0 Å². The summed E-state index contributed by atoms with van der Waals surface area (Å²) in [6.07, 6.45) is 13.5. The average molecular weight is 774 g/mol. The van der Waals surface area contributed by atoms with Gasteiger partial charge in [0.2, 0.25) is 17.6 Å². The molecule has 304 valence electrons. The fourth-order valence-corrected chi connectivity index (χ4v) is 12.0. The molecule has 0 aromatic carbocycles. The maximum atomic E-state index is 15.0. The van der Waals surface area contributed by atoms with Crippen molar-refractivity contribution >= 4 is 39.4 Å². The van der Waals surface area contributed by atoms with Crippen LogP contribution < -0.4 is 21.3 Å². The molecule has 0 radical (unpaired) electrons. The Hall–Kier alpha value is -2.70. The zero-order valence-corrected chi connectivity index (χ0v) is 34.5. The van der Waals surface area contributed by atoms with Crippen LogP contribution in [-0.2, 0) is 29.0 Å². The average Bonchev–Trinajstić information content (AvgIpc) is 3.95. The van der Waals surface area contributed by atoms with Gasteiger partial charge in [-0.15, -0.1) is 0 Å². The molecule has 0 aromatic rings. The topological polar surface area (TPSA) is 171 Å². The third kappa shape index (κ3) is 8.36. The fraction of sp³-hybridized carbons (Fsp3) is 0.878. The van der Waals surface area contributed by atoms with Gasteiger partial charge in [0, 0.05) is 12.6 Å². The van der Waals surface area contributed by atoms with E-state index in [4.69, 9.17) is 0 Å². The number of nitrogens with one attached hydrogen (secondary N) is 4. The molecule has 6 rings (SSSR count). The number of ketones is 1. The molecule has 4 N–H and O–H groups in total. The standard InChI is InChI=1S/C41H67N5O7S/c1-7-38(2,3)54(52,53)25-41(21-12-9-13-22-41)45-37(51)44-33(40(6)19-10-8-11-20-40)36(50)46-24-28-30(39(28,4)5)31(46)34(48)43-29(23-26-15-14-16-26)32(47)35(49)42-27-17-18-27/h26-31,33H,7-25H2,1-6H3,(H,42,49)(H,43,48)(H2,44,45,51)/t28-,29?,30?,31-,33+/m0/s1. The number of hydrogen-bond acceptors (Lipinski definition) is 7. The van der Waals surface area contributed by atoms with Crippen LogP contribution in [0, 0.1) is 28.6 Å². The van der Waals surface area contributed by atoms with Crippen molar-refractivity contribution in [1.29, 1.82) is 0 Å². The van der Waals surface area contributed by atoms with Crippen molar-refractivity contribution in [3.8, 4) is 0 Å². The van der Waals surface area contributed by atoms with E-state index in [9.17, 15) is 27.6 Å². The fourth-order valence-electron chi connectivity index (χ4n) is 10.1. The zero-order valence-electron chi connectivity index (χ0n) is 33.7. The van der Waals surface area contributed by atoms with E-state index >= 15 is 4.79 Å². The second-order valence-corrected chi connectivity index (χ2v) is 22.2. The molecule has 13 heteroatoms. The highest BCUT2D eigenvalue weighted by Crippen LogP contribution is 2.65. The molecule has 6 aliphatic rings. The van der Waals surface area contributed by atoms with Crippen molar-refractivity contribution in [2.24, 2.45) is 28.6 Å². The van der Waals surface area contributed by atoms with Gasteiger partial charge in [-0.05, 0) is 93.8 Å². The molecule has 0 bridgehead atoms. The van der Waals surface area contributed by atoms with E-state index < -0.39 is 67.3 Å². The largest absolute Gasteiger partial charge is 0.347 e. The Morgan fingerprint density at radius 3 is 2.00 bits per heavy atom. The predicted octanol–water partition coefficient (Wildman–Crippen LogP) is 4.94. The molecule has 5 amide bonds. The number of sulfone groups is 1. The van der Waals surface area contributed by atoms with E-state index in [0.29, 0.717) is 32.2 Å². The first-order valence-electron chi connectivity index (χ1n) is 21.1. The number of hydrogen-bond donors (Lipinski definition) is 4. The maximum Gasteiger partial charge on any atom is 0.315 e. The Kier molecular flexibility index (Phi) is 11.6. The minimum Gasteiger partial charge on any atom is -0.347 e. The lowest BCUT2D eigenvalue weighted by Crippen LogP contribution is -2.65. The summed E-state index contributed by atoms with van der Waals surface area (Å²) in [5.41, 5.74) is -1.70. The molecule has 0 spiro atoms. The van der Waals surface area contributed by atoms with Gasteiger partial charge in [-0.2, -0.15) is 0 Å². The van der Waals surface area contributed by atoms with Crippen molar-refractivity contribution in [2.45, 2.75) is 185 Å². The zero-order chi connectivity index (χ0) is 39.3. The summed E-state index contributed by atoms with van der Waals surface area (Å²) in [4.78, 5) is 71.7. The molecule has 54 heavy (non-hydrogen) atoms. The molecule has 1 heterocycles. The molecule has 6 fully saturated rings. The molecular weight excluding hydrogens is 707 g/mol. The van der Waals surface area contributed by atoms with Crippen LogP contribution in [0.5, 0.6) is 0 Å². The molecule has 1 saturated heterocycles. The van der Waals surface area contributed by atoms with E-state index in [1.807, 2.05) is 13.8 Å². The van der Waals surface area contributed by atoms with Gasteiger partial charge in [-0.1, -0.05) is 85.5 Å². The van der Waals surface area contributed by atoms with Gasteiger partial charge in [0.1, 0.15) is 12.1 Å². The molecule has 5 atom stereocenters. The van der Waals surface area contributed by atoms with Gasteiger partial charge in [0.15, 0.2) is 9.84 Å². The normalized spacial score (nSPS) is 28.4. The van der Waals surface area contributed by atoms with Gasteiger partial charge in [0.05, 0.1) is 22.1 Å².